The zero-order valence-corrected chi connectivity index (χ0v) is 18.3. The maximum atomic E-state index is 13.4. The second-order valence-electron chi connectivity index (χ2n) is 7.72. The van der Waals surface area contributed by atoms with Crippen LogP contribution in [0.25, 0.3) is 21.7 Å². The molecule has 6 nitrogen and oxygen atoms in total. The van der Waals surface area contributed by atoms with E-state index in [0.29, 0.717) is 5.01 Å². The summed E-state index contributed by atoms with van der Waals surface area (Å²) in [7, 11) is 0. The summed E-state index contributed by atoms with van der Waals surface area (Å²) >= 11 is 1.31. The van der Waals surface area contributed by atoms with E-state index < -0.39 is 5.97 Å². The van der Waals surface area contributed by atoms with Crippen molar-refractivity contribution in [3.63, 3.8) is 0 Å². The van der Waals surface area contributed by atoms with Gasteiger partial charge in [-0.25, -0.2) is 4.98 Å². The highest BCUT2D eigenvalue weighted by Crippen LogP contribution is 2.37. The van der Waals surface area contributed by atoms with E-state index in [0.717, 1.165) is 59.5 Å². The number of benzene rings is 1. The number of pyridine rings is 1. The Morgan fingerprint density at radius 2 is 1.84 bits per heavy atom. The van der Waals surface area contributed by atoms with Crippen molar-refractivity contribution in [2.75, 3.05) is 6.54 Å². The molecule has 0 unspecified atom stereocenters. The van der Waals surface area contributed by atoms with Crippen LogP contribution in [0.15, 0.2) is 48.7 Å². The van der Waals surface area contributed by atoms with Crippen molar-refractivity contribution in [3.05, 3.63) is 59.4 Å². The Morgan fingerprint density at radius 3 is 2.45 bits per heavy atom. The first-order valence-electron chi connectivity index (χ1n) is 10.6. The standard InChI is InChI=1S/C24H25N3O3S/c1-2-18-13-12-17(14-25-18)22-21(16-8-4-3-5-9-16)26-23(31-22)24(30)27(15-20(28)29)19-10-6-7-11-19/h3-5,8-9,12-14,19H,2,6-7,10-11,15H2,1H3,(H,28,29). The van der Waals surface area contributed by atoms with Crippen molar-refractivity contribution in [2.24, 2.45) is 0 Å². The topological polar surface area (TPSA) is 83.4 Å². The van der Waals surface area contributed by atoms with E-state index in [-0.39, 0.29) is 18.5 Å². The molecule has 1 N–H and O–H groups in total. The summed E-state index contributed by atoms with van der Waals surface area (Å²) in [5.41, 5.74) is 3.54. The third kappa shape index (κ3) is 4.66. The first-order valence-corrected chi connectivity index (χ1v) is 11.4. The quantitative estimate of drug-likeness (QED) is 0.570. The molecule has 1 aliphatic carbocycles. The molecule has 7 heteroatoms. The molecular formula is C24H25N3O3S. The lowest BCUT2D eigenvalue weighted by Gasteiger charge is -2.26. The minimum Gasteiger partial charge on any atom is -0.480 e. The Balaban J connectivity index is 1.76. The van der Waals surface area contributed by atoms with Gasteiger partial charge in [0.1, 0.15) is 6.54 Å². The van der Waals surface area contributed by atoms with Crippen LogP contribution in [0.2, 0.25) is 0 Å². The van der Waals surface area contributed by atoms with E-state index in [1.54, 1.807) is 0 Å². The SMILES string of the molecule is CCc1ccc(-c2sc(C(=O)N(CC(=O)O)C3CCCC3)nc2-c2ccccc2)cn1. The molecule has 2 heterocycles. The zero-order valence-electron chi connectivity index (χ0n) is 17.5. The average Bonchev–Trinajstić information content (AvgIpc) is 3.48. The van der Waals surface area contributed by atoms with Gasteiger partial charge in [-0.05, 0) is 25.3 Å². The molecule has 1 amide bonds. The number of nitrogens with zero attached hydrogens (tertiary/aromatic N) is 3. The monoisotopic (exact) mass is 435 g/mol. The van der Waals surface area contributed by atoms with E-state index in [2.05, 4.69) is 11.9 Å². The minimum atomic E-state index is -1.00. The highest BCUT2D eigenvalue weighted by atomic mass is 32.1. The Morgan fingerprint density at radius 1 is 1.10 bits per heavy atom. The third-order valence-electron chi connectivity index (χ3n) is 5.64. The van der Waals surface area contributed by atoms with Crippen molar-refractivity contribution in [1.29, 1.82) is 0 Å². The van der Waals surface area contributed by atoms with Crippen LogP contribution in [-0.2, 0) is 11.2 Å². The van der Waals surface area contributed by atoms with Crippen molar-refractivity contribution in [2.45, 2.75) is 45.1 Å². The summed E-state index contributed by atoms with van der Waals surface area (Å²) in [5.74, 6) is -1.31. The first-order chi connectivity index (χ1) is 15.1. The van der Waals surface area contributed by atoms with Gasteiger partial charge in [-0.3, -0.25) is 14.6 Å². The maximum absolute atomic E-state index is 13.4. The fourth-order valence-corrected chi connectivity index (χ4v) is 5.05. The highest BCUT2D eigenvalue weighted by molar-refractivity contribution is 7.17. The fraction of sp³-hybridized carbons (Fsp3) is 0.333. The number of rotatable bonds is 7. The summed E-state index contributed by atoms with van der Waals surface area (Å²) in [6.07, 6.45) is 6.38. The van der Waals surface area contributed by atoms with Crippen LogP contribution in [0, 0.1) is 0 Å². The van der Waals surface area contributed by atoms with Gasteiger partial charge < -0.3 is 10.0 Å². The molecule has 31 heavy (non-hydrogen) atoms. The number of hydrogen-bond acceptors (Lipinski definition) is 5. The largest absolute Gasteiger partial charge is 0.480 e. The smallest absolute Gasteiger partial charge is 0.323 e. The normalized spacial score (nSPS) is 14.0. The van der Waals surface area contributed by atoms with Gasteiger partial charge in [0, 0.05) is 29.1 Å². The molecule has 0 spiro atoms. The Kier molecular flexibility index (Phi) is 6.42. The van der Waals surface area contributed by atoms with Crippen molar-refractivity contribution >= 4 is 23.2 Å². The number of aromatic nitrogens is 2. The number of carboxylic acids is 1. The number of aryl methyl sites for hydroxylation is 1. The number of carbonyl (C=O) groups excluding carboxylic acids is 1. The lowest BCUT2D eigenvalue weighted by atomic mass is 10.1. The van der Waals surface area contributed by atoms with Crippen LogP contribution in [0.5, 0.6) is 0 Å². The van der Waals surface area contributed by atoms with Gasteiger partial charge in [-0.1, -0.05) is 56.2 Å². The lowest BCUT2D eigenvalue weighted by molar-refractivity contribution is -0.138. The maximum Gasteiger partial charge on any atom is 0.323 e. The van der Waals surface area contributed by atoms with Crippen LogP contribution in [-0.4, -0.2) is 44.4 Å². The molecule has 4 rings (SSSR count). The highest BCUT2D eigenvalue weighted by Gasteiger charge is 2.31. The Bertz CT molecular complexity index is 1060. The van der Waals surface area contributed by atoms with Gasteiger partial charge in [-0.2, -0.15) is 0 Å². The zero-order chi connectivity index (χ0) is 21.8. The predicted octanol–water partition coefficient (Wildman–Crippen LogP) is 4.90. The Labute approximate surface area is 185 Å². The molecule has 0 saturated heterocycles. The lowest BCUT2D eigenvalue weighted by Crippen LogP contribution is -2.42. The van der Waals surface area contributed by atoms with E-state index in [1.165, 1.54) is 16.2 Å². The second kappa shape index (κ2) is 9.39. The number of amides is 1. The van der Waals surface area contributed by atoms with Crippen molar-refractivity contribution in [1.82, 2.24) is 14.9 Å². The molecule has 0 atom stereocenters. The molecular weight excluding hydrogens is 410 g/mol. The summed E-state index contributed by atoms with van der Waals surface area (Å²) in [6, 6.07) is 13.7. The summed E-state index contributed by atoms with van der Waals surface area (Å²) in [5, 5.41) is 9.71. The van der Waals surface area contributed by atoms with E-state index in [4.69, 9.17) is 4.98 Å². The number of hydrogen-bond donors (Lipinski definition) is 1. The number of carbonyl (C=O) groups is 2. The van der Waals surface area contributed by atoms with Crippen LogP contribution >= 0.6 is 11.3 Å². The molecule has 1 saturated carbocycles. The number of thiazole rings is 1. The molecule has 1 fully saturated rings. The van der Waals surface area contributed by atoms with Crippen molar-refractivity contribution < 1.29 is 14.7 Å². The van der Waals surface area contributed by atoms with Crippen LogP contribution in [0.1, 0.15) is 48.1 Å². The first kappa shape index (κ1) is 21.2. The minimum absolute atomic E-state index is 0.0402. The van der Waals surface area contributed by atoms with Crippen LogP contribution in [0.4, 0.5) is 0 Å². The molecule has 160 valence electrons. The van der Waals surface area contributed by atoms with Gasteiger partial charge in [-0.15, -0.1) is 11.3 Å². The molecule has 1 aliphatic rings. The number of aliphatic carboxylic acids is 1. The summed E-state index contributed by atoms with van der Waals surface area (Å²) < 4.78 is 0. The van der Waals surface area contributed by atoms with Gasteiger partial charge in [0.2, 0.25) is 0 Å². The van der Waals surface area contributed by atoms with Gasteiger partial charge in [0.15, 0.2) is 5.01 Å². The van der Waals surface area contributed by atoms with Gasteiger partial charge >= 0.3 is 5.97 Å². The summed E-state index contributed by atoms with van der Waals surface area (Å²) in [6.45, 7) is 1.76. The van der Waals surface area contributed by atoms with E-state index >= 15 is 0 Å². The molecule has 2 aromatic heterocycles. The van der Waals surface area contributed by atoms with Gasteiger partial charge in [0.25, 0.3) is 5.91 Å². The molecule has 1 aromatic carbocycles. The van der Waals surface area contributed by atoms with Crippen molar-refractivity contribution in [3.8, 4) is 21.7 Å². The third-order valence-corrected chi connectivity index (χ3v) is 6.73. The summed E-state index contributed by atoms with van der Waals surface area (Å²) in [4.78, 5) is 36.4. The Hall–Kier alpha value is -3.06. The predicted molar refractivity (Wildman–Crippen MR) is 121 cm³/mol. The van der Waals surface area contributed by atoms with Gasteiger partial charge in [0.05, 0.1) is 10.6 Å². The molecule has 0 aliphatic heterocycles. The van der Waals surface area contributed by atoms with Crippen LogP contribution in [0.3, 0.4) is 0 Å². The van der Waals surface area contributed by atoms with E-state index in [9.17, 15) is 14.7 Å². The molecule has 0 bridgehead atoms. The van der Waals surface area contributed by atoms with E-state index in [1.807, 2.05) is 48.7 Å². The number of carboxylic acid groups (broad SMARTS) is 1. The average molecular weight is 436 g/mol. The molecule has 3 aromatic rings. The molecule has 0 radical (unpaired) electrons. The second-order valence-corrected chi connectivity index (χ2v) is 8.72. The van der Waals surface area contributed by atoms with Crippen LogP contribution < -0.4 is 0 Å². The fourth-order valence-electron chi connectivity index (χ4n) is 4.02.